The lowest BCUT2D eigenvalue weighted by Gasteiger charge is -2.15. The van der Waals surface area contributed by atoms with Crippen molar-refractivity contribution in [2.45, 2.75) is 13.0 Å². The molecule has 0 aromatic rings. The van der Waals surface area contributed by atoms with Gasteiger partial charge in [0.25, 0.3) is 0 Å². The topological polar surface area (TPSA) is 30.5 Å². The van der Waals surface area contributed by atoms with Crippen LogP contribution in [-0.2, 0) is 9.47 Å². The highest BCUT2D eigenvalue weighted by atomic mass is 16.5. The van der Waals surface area contributed by atoms with Crippen LogP contribution in [0.2, 0.25) is 0 Å². The van der Waals surface area contributed by atoms with Crippen LogP contribution in [0.4, 0.5) is 0 Å². The number of hydrogen-bond acceptors (Lipinski definition) is 3. The Labute approximate surface area is 74.7 Å². The second kappa shape index (κ2) is 8.71. The zero-order valence-corrected chi connectivity index (χ0v) is 8.01. The van der Waals surface area contributed by atoms with Crippen molar-refractivity contribution >= 4 is 0 Å². The first-order valence-electron chi connectivity index (χ1n) is 4.27. The fourth-order valence-electron chi connectivity index (χ4n) is 0.861. The molecule has 1 atom stereocenters. The predicted octanol–water partition coefficient (Wildman–Crippen LogP) is 0.813. The van der Waals surface area contributed by atoms with Gasteiger partial charge >= 0.3 is 0 Å². The van der Waals surface area contributed by atoms with E-state index < -0.39 is 0 Å². The van der Waals surface area contributed by atoms with Crippen LogP contribution in [-0.4, -0.2) is 39.5 Å². The molecule has 1 N–H and O–H groups in total. The van der Waals surface area contributed by atoms with Crippen LogP contribution >= 0.6 is 0 Å². The van der Waals surface area contributed by atoms with Crippen LogP contribution in [0.15, 0.2) is 12.7 Å². The first-order chi connectivity index (χ1) is 5.85. The Kier molecular flexibility index (Phi) is 8.44. The smallest absolute Gasteiger partial charge is 0.0936 e. The molecule has 3 heteroatoms. The number of likely N-dealkylation sites (N-methyl/N-ethyl adjacent to an activating group) is 1. The minimum absolute atomic E-state index is 0.132. The van der Waals surface area contributed by atoms with Crippen LogP contribution in [0.3, 0.4) is 0 Å². The van der Waals surface area contributed by atoms with E-state index in [0.29, 0.717) is 13.2 Å². The van der Waals surface area contributed by atoms with Gasteiger partial charge in [-0.2, -0.15) is 0 Å². The minimum Gasteiger partial charge on any atom is -0.382 e. The van der Waals surface area contributed by atoms with Crippen LogP contribution in [0.25, 0.3) is 0 Å². The van der Waals surface area contributed by atoms with E-state index in [1.807, 2.05) is 0 Å². The van der Waals surface area contributed by atoms with Gasteiger partial charge in [0.2, 0.25) is 0 Å². The van der Waals surface area contributed by atoms with Crippen molar-refractivity contribution in [3.05, 3.63) is 12.7 Å². The molecule has 0 bridgehead atoms. The molecule has 1 unspecified atom stereocenters. The molecule has 0 radical (unpaired) electrons. The second-order valence-corrected chi connectivity index (χ2v) is 2.51. The Balaban J connectivity index is 3.46. The summed E-state index contributed by atoms with van der Waals surface area (Å²) in [6, 6.07) is 0. The average molecular weight is 173 g/mol. The number of ether oxygens (including phenoxy) is 2. The van der Waals surface area contributed by atoms with E-state index in [0.717, 1.165) is 13.1 Å². The first-order valence-corrected chi connectivity index (χ1v) is 4.27. The fraction of sp³-hybridized carbons (Fsp3) is 0.778. The molecule has 0 aliphatic heterocycles. The molecule has 0 amide bonds. The number of rotatable bonds is 8. The third-order valence-corrected chi connectivity index (χ3v) is 1.42. The fourth-order valence-corrected chi connectivity index (χ4v) is 0.861. The van der Waals surface area contributed by atoms with Gasteiger partial charge in [-0.3, -0.25) is 0 Å². The summed E-state index contributed by atoms with van der Waals surface area (Å²) in [5.74, 6) is 0. The molecule has 0 aromatic carbocycles. The van der Waals surface area contributed by atoms with Gasteiger partial charge in [0.15, 0.2) is 0 Å². The van der Waals surface area contributed by atoms with E-state index >= 15 is 0 Å². The lowest BCUT2D eigenvalue weighted by atomic mass is 10.3. The van der Waals surface area contributed by atoms with E-state index in [4.69, 9.17) is 9.47 Å². The maximum Gasteiger partial charge on any atom is 0.0936 e. The van der Waals surface area contributed by atoms with E-state index in [2.05, 4.69) is 18.8 Å². The Morgan fingerprint density at radius 2 is 2.33 bits per heavy atom. The highest BCUT2D eigenvalue weighted by Crippen LogP contribution is 1.91. The second-order valence-electron chi connectivity index (χ2n) is 2.51. The molecule has 0 aromatic heterocycles. The molecular weight excluding hydrogens is 154 g/mol. The summed E-state index contributed by atoms with van der Waals surface area (Å²) in [5.41, 5.74) is 0. The number of nitrogens with one attached hydrogen (secondary N) is 1. The van der Waals surface area contributed by atoms with Crippen LogP contribution < -0.4 is 5.32 Å². The van der Waals surface area contributed by atoms with Gasteiger partial charge in [-0.25, -0.2) is 0 Å². The van der Waals surface area contributed by atoms with Gasteiger partial charge in [-0.05, 0) is 6.54 Å². The lowest BCUT2D eigenvalue weighted by Crippen LogP contribution is -2.32. The third kappa shape index (κ3) is 6.34. The van der Waals surface area contributed by atoms with Crippen molar-refractivity contribution in [1.29, 1.82) is 0 Å². The zero-order chi connectivity index (χ0) is 9.23. The van der Waals surface area contributed by atoms with Gasteiger partial charge in [-0.15, -0.1) is 6.58 Å². The van der Waals surface area contributed by atoms with Crippen molar-refractivity contribution < 1.29 is 9.47 Å². The van der Waals surface area contributed by atoms with E-state index in [-0.39, 0.29) is 6.10 Å². The quantitative estimate of drug-likeness (QED) is 0.551. The lowest BCUT2D eigenvalue weighted by molar-refractivity contribution is 0.0124. The van der Waals surface area contributed by atoms with Crippen molar-refractivity contribution in [2.75, 3.05) is 33.4 Å². The SMILES string of the molecule is C=CCOC(CNCC)COC. The molecule has 0 fully saturated rings. The normalized spacial score (nSPS) is 12.8. The summed E-state index contributed by atoms with van der Waals surface area (Å²) in [5, 5.41) is 3.20. The van der Waals surface area contributed by atoms with Gasteiger partial charge in [-0.1, -0.05) is 13.0 Å². The first kappa shape index (κ1) is 11.6. The molecule has 0 saturated heterocycles. The highest BCUT2D eigenvalue weighted by molar-refractivity contribution is 4.68. The Morgan fingerprint density at radius 3 is 2.83 bits per heavy atom. The van der Waals surface area contributed by atoms with E-state index in [9.17, 15) is 0 Å². The molecule has 0 rings (SSSR count). The molecular formula is C9H19NO2. The van der Waals surface area contributed by atoms with Crippen LogP contribution in [0.5, 0.6) is 0 Å². The van der Waals surface area contributed by atoms with E-state index in [1.165, 1.54) is 0 Å². The maximum absolute atomic E-state index is 5.43. The summed E-state index contributed by atoms with van der Waals surface area (Å²) in [6.45, 7) is 8.65. The third-order valence-electron chi connectivity index (χ3n) is 1.42. The summed E-state index contributed by atoms with van der Waals surface area (Å²) in [4.78, 5) is 0. The molecule has 0 saturated carbocycles. The van der Waals surface area contributed by atoms with Gasteiger partial charge in [0, 0.05) is 13.7 Å². The Hall–Kier alpha value is -0.380. The molecule has 0 spiro atoms. The standard InChI is InChI=1S/C9H19NO2/c1-4-6-12-9(8-11-3)7-10-5-2/h4,9-10H,1,5-8H2,2-3H3. The molecule has 12 heavy (non-hydrogen) atoms. The summed E-state index contributed by atoms with van der Waals surface area (Å²) in [6.07, 6.45) is 1.88. The Bertz CT molecular complexity index is 107. The van der Waals surface area contributed by atoms with Gasteiger partial charge in [0.05, 0.1) is 19.3 Å². The monoisotopic (exact) mass is 173 g/mol. The highest BCUT2D eigenvalue weighted by Gasteiger charge is 2.05. The molecule has 72 valence electrons. The predicted molar refractivity (Wildman–Crippen MR) is 50.4 cm³/mol. The Morgan fingerprint density at radius 1 is 1.58 bits per heavy atom. The zero-order valence-electron chi connectivity index (χ0n) is 8.01. The van der Waals surface area contributed by atoms with Crippen molar-refractivity contribution in [1.82, 2.24) is 5.32 Å². The summed E-state index contributed by atoms with van der Waals surface area (Å²) < 4.78 is 10.4. The average Bonchev–Trinajstić information content (AvgIpc) is 2.10. The summed E-state index contributed by atoms with van der Waals surface area (Å²) in [7, 11) is 1.68. The van der Waals surface area contributed by atoms with Gasteiger partial charge < -0.3 is 14.8 Å². The van der Waals surface area contributed by atoms with Crippen molar-refractivity contribution in [3.63, 3.8) is 0 Å². The van der Waals surface area contributed by atoms with Crippen molar-refractivity contribution in [3.8, 4) is 0 Å². The van der Waals surface area contributed by atoms with Crippen molar-refractivity contribution in [2.24, 2.45) is 0 Å². The van der Waals surface area contributed by atoms with Crippen LogP contribution in [0.1, 0.15) is 6.92 Å². The maximum atomic E-state index is 5.43. The molecule has 0 aliphatic carbocycles. The van der Waals surface area contributed by atoms with E-state index in [1.54, 1.807) is 13.2 Å². The largest absolute Gasteiger partial charge is 0.382 e. The minimum atomic E-state index is 0.132. The number of methoxy groups -OCH3 is 1. The summed E-state index contributed by atoms with van der Waals surface area (Å²) >= 11 is 0. The number of hydrogen-bond donors (Lipinski definition) is 1. The van der Waals surface area contributed by atoms with Gasteiger partial charge in [0.1, 0.15) is 0 Å². The molecule has 3 nitrogen and oxygen atoms in total. The molecule has 0 aliphatic rings. The molecule has 0 heterocycles. The van der Waals surface area contributed by atoms with Crippen LogP contribution in [0, 0.1) is 0 Å².